The minimum atomic E-state index is -1.61. The molecule has 2 aliphatic rings. The van der Waals surface area contributed by atoms with Crippen molar-refractivity contribution in [2.24, 2.45) is 0 Å². The number of hydrogen-bond donors (Lipinski definition) is 0. The van der Waals surface area contributed by atoms with Crippen LogP contribution in [0.4, 0.5) is 4.79 Å². The van der Waals surface area contributed by atoms with Crippen LogP contribution >= 0.6 is 0 Å². The van der Waals surface area contributed by atoms with Crippen LogP contribution in [-0.4, -0.2) is 116 Å². The number of rotatable bonds is 23. The summed E-state index contributed by atoms with van der Waals surface area (Å²) >= 11 is 0. The maximum absolute atomic E-state index is 15.3. The summed E-state index contributed by atoms with van der Waals surface area (Å²) in [6, 6.07) is 45.3. The number of hydrogen-bond acceptors (Lipinski definition) is 16. The first-order valence-electron chi connectivity index (χ1n) is 24.4. The zero-order chi connectivity index (χ0) is 52.2. The van der Waals surface area contributed by atoms with E-state index in [1.807, 2.05) is 152 Å². The minimum absolute atomic E-state index is 0.0414. The molecule has 0 aromatic heterocycles. The summed E-state index contributed by atoms with van der Waals surface area (Å²) in [5.41, 5.74) is 4.11. The molecule has 74 heavy (non-hydrogen) atoms. The van der Waals surface area contributed by atoms with Crippen molar-refractivity contribution < 1.29 is 76.1 Å². The number of carbonyl (C=O) groups is 5. The van der Waals surface area contributed by atoms with Crippen molar-refractivity contribution in [1.82, 2.24) is 4.90 Å². The average Bonchev–Trinajstić information content (AvgIpc) is 3.40. The van der Waals surface area contributed by atoms with Gasteiger partial charge in [0, 0.05) is 27.7 Å². The molecule has 0 bridgehead atoms. The molecule has 2 saturated heterocycles. The Balaban J connectivity index is 1.36. The van der Waals surface area contributed by atoms with Gasteiger partial charge in [0.05, 0.1) is 51.7 Å². The lowest BCUT2D eigenvalue weighted by Gasteiger charge is -2.52. The van der Waals surface area contributed by atoms with Crippen molar-refractivity contribution in [3.63, 3.8) is 0 Å². The lowest BCUT2D eigenvalue weighted by Crippen LogP contribution is -2.71. The molecule has 17 heteroatoms. The molecule has 1 amide bonds. The monoisotopic (exact) mass is 1020 g/mol. The highest BCUT2D eigenvalue weighted by Crippen LogP contribution is 2.36. The molecule has 392 valence electrons. The fourth-order valence-corrected chi connectivity index (χ4v) is 8.89. The molecule has 5 aromatic rings. The standard InChI is InChI=1S/C57H63NO16/c1-38(59)65-37-49-52(71-39(2)60)54(72-40(3)61)55(73-41(4)62)56(74-49)69-36-48-51(67-32-44-24-14-7-15-25-44)53(68-33-45-26-16-8-17-27-45)50(66-31-43-22-12-6-13-23-43)47(35-64-30-42-20-10-5-11-21-42)58(48)57(63)70-34-46-28-18-9-19-29-46/h5-29,47-56H,30-37H2,1-4H3/t47-,48+,49?,50-,51+,52?,53+,54?,55?,56?/m1/s1. The smallest absolute Gasteiger partial charge is 0.410 e. The Labute approximate surface area is 430 Å². The molecule has 0 aliphatic carbocycles. The van der Waals surface area contributed by atoms with Crippen molar-refractivity contribution >= 4 is 30.0 Å². The Kier molecular flexibility index (Phi) is 20.6. The lowest BCUT2D eigenvalue weighted by molar-refractivity contribution is -0.314. The number of piperidine rings is 1. The Morgan fingerprint density at radius 1 is 0.392 bits per heavy atom. The third-order valence-corrected chi connectivity index (χ3v) is 12.2. The molecule has 0 N–H and O–H groups in total. The molecule has 7 rings (SSSR count). The summed E-state index contributed by atoms with van der Waals surface area (Å²) in [7, 11) is 0. The van der Waals surface area contributed by atoms with Crippen molar-refractivity contribution in [3.05, 3.63) is 179 Å². The molecule has 2 aliphatic heterocycles. The van der Waals surface area contributed by atoms with Crippen LogP contribution in [0.1, 0.15) is 55.5 Å². The van der Waals surface area contributed by atoms with E-state index in [2.05, 4.69) is 0 Å². The van der Waals surface area contributed by atoms with Crippen molar-refractivity contribution in [2.75, 3.05) is 19.8 Å². The SMILES string of the molecule is CC(=O)OCC1OC(OC[C@H]2[C@H](OCc3ccccc3)[C@@H](OCc3ccccc3)[C@H](OCc3ccccc3)[C@@H](COCc3ccccc3)N2C(=O)OCc2ccccc2)C(OC(C)=O)C(OC(C)=O)C1OC(C)=O. The van der Waals surface area contributed by atoms with E-state index in [1.165, 1.54) is 11.8 Å². The summed E-state index contributed by atoms with van der Waals surface area (Å²) < 4.78 is 69.3. The topological polar surface area (TPSA) is 190 Å². The Hall–Kier alpha value is -6.99. The quantitative estimate of drug-likeness (QED) is 0.0463. The number of ether oxygens (including phenoxy) is 11. The van der Waals surface area contributed by atoms with Gasteiger partial charge in [0.2, 0.25) is 0 Å². The first-order valence-corrected chi connectivity index (χ1v) is 24.4. The minimum Gasteiger partial charge on any atom is -0.463 e. The highest BCUT2D eigenvalue weighted by atomic mass is 16.7. The first kappa shape index (κ1) is 54.8. The second-order valence-corrected chi connectivity index (χ2v) is 17.8. The molecule has 5 unspecified atom stereocenters. The largest absolute Gasteiger partial charge is 0.463 e. The van der Waals surface area contributed by atoms with E-state index >= 15 is 4.79 Å². The van der Waals surface area contributed by atoms with E-state index in [-0.39, 0.29) is 39.6 Å². The summed E-state index contributed by atoms with van der Waals surface area (Å²) in [6.07, 6.45) is -11.2. The third kappa shape index (κ3) is 16.0. The number of nitrogens with zero attached hydrogens (tertiary/aromatic N) is 1. The summed E-state index contributed by atoms with van der Waals surface area (Å²) in [6.45, 7) is 3.86. The molecular formula is C57H63NO16. The Bertz CT molecular complexity index is 2520. The molecule has 2 fully saturated rings. The zero-order valence-electron chi connectivity index (χ0n) is 41.8. The number of likely N-dealkylation sites (tertiary alicyclic amines) is 1. The fraction of sp³-hybridized carbons (Fsp3) is 0.386. The van der Waals surface area contributed by atoms with E-state index < -0.39 is 104 Å². The van der Waals surface area contributed by atoms with Crippen LogP contribution in [0.2, 0.25) is 0 Å². The molecule has 10 atom stereocenters. The van der Waals surface area contributed by atoms with E-state index in [1.54, 1.807) is 0 Å². The van der Waals surface area contributed by atoms with E-state index in [4.69, 9.17) is 52.1 Å². The van der Waals surface area contributed by atoms with Crippen molar-refractivity contribution in [1.29, 1.82) is 0 Å². The summed E-state index contributed by atoms with van der Waals surface area (Å²) in [5, 5.41) is 0. The number of esters is 4. The van der Waals surface area contributed by atoms with Gasteiger partial charge in [-0.05, 0) is 27.8 Å². The van der Waals surface area contributed by atoms with Gasteiger partial charge < -0.3 is 52.1 Å². The van der Waals surface area contributed by atoms with Crippen LogP contribution < -0.4 is 0 Å². The maximum Gasteiger partial charge on any atom is 0.410 e. The van der Waals surface area contributed by atoms with E-state index in [9.17, 15) is 19.2 Å². The van der Waals surface area contributed by atoms with Crippen LogP contribution in [0.3, 0.4) is 0 Å². The first-order chi connectivity index (χ1) is 35.9. The second kappa shape index (κ2) is 27.9. The normalized spacial score (nSPS) is 23.5. The molecule has 0 spiro atoms. The molecule has 2 heterocycles. The predicted molar refractivity (Wildman–Crippen MR) is 265 cm³/mol. The van der Waals surface area contributed by atoms with Gasteiger partial charge in [-0.2, -0.15) is 0 Å². The van der Waals surface area contributed by atoms with Gasteiger partial charge in [-0.3, -0.25) is 24.1 Å². The van der Waals surface area contributed by atoms with Gasteiger partial charge in [0.15, 0.2) is 24.6 Å². The van der Waals surface area contributed by atoms with Crippen LogP contribution in [-0.2, 0) is 104 Å². The number of carbonyl (C=O) groups excluding carboxylic acids is 5. The molecule has 17 nitrogen and oxygen atoms in total. The van der Waals surface area contributed by atoms with Crippen molar-refractivity contribution in [2.45, 2.75) is 122 Å². The summed E-state index contributed by atoms with van der Waals surface area (Å²) in [5.74, 6) is -3.11. The third-order valence-electron chi connectivity index (χ3n) is 12.2. The maximum atomic E-state index is 15.3. The van der Waals surface area contributed by atoms with Gasteiger partial charge in [0.25, 0.3) is 0 Å². The lowest BCUT2D eigenvalue weighted by atomic mass is 9.87. The molecular weight excluding hydrogens is 955 g/mol. The fourth-order valence-electron chi connectivity index (χ4n) is 8.89. The number of benzene rings is 5. The van der Waals surface area contributed by atoms with Crippen LogP contribution in [0, 0.1) is 0 Å². The van der Waals surface area contributed by atoms with E-state index in [0.717, 1.165) is 48.6 Å². The van der Waals surface area contributed by atoms with Gasteiger partial charge in [-0.15, -0.1) is 0 Å². The second-order valence-electron chi connectivity index (χ2n) is 17.8. The molecule has 0 saturated carbocycles. The van der Waals surface area contributed by atoms with E-state index in [0.29, 0.717) is 0 Å². The van der Waals surface area contributed by atoms with Gasteiger partial charge in [-0.1, -0.05) is 152 Å². The average molecular weight is 1020 g/mol. The predicted octanol–water partition coefficient (Wildman–Crippen LogP) is 7.45. The van der Waals surface area contributed by atoms with Gasteiger partial charge in [0.1, 0.15) is 37.6 Å². The highest BCUT2D eigenvalue weighted by Gasteiger charge is 2.57. The van der Waals surface area contributed by atoms with Gasteiger partial charge >= 0.3 is 30.0 Å². The molecule has 5 aromatic carbocycles. The van der Waals surface area contributed by atoms with Crippen molar-refractivity contribution in [3.8, 4) is 0 Å². The van der Waals surface area contributed by atoms with Crippen LogP contribution in [0.5, 0.6) is 0 Å². The Morgan fingerprint density at radius 3 is 1.23 bits per heavy atom. The molecule has 0 radical (unpaired) electrons. The summed E-state index contributed by atoms with van der Waals surface area (Å²) in [4.78, 5) is 67.3. The Morgan fingerprint density at radius 2 is 0.784 bits per heavy atom. The zero-order valence-corrected chi connectivity index (χ0v) is 41.8. The van der Waals surface area contributed by atoms with Gasteiger partial charge in [-0.25, -0.2) is 4.79 Å². The van der Waals surface area contributed by atoms with Crippen LogP contribution in [0.15, 0.2) is 152 Å². The highest BCUT2D eigenvalue weighted by molar-refractivity contribution is 5.70. The number of amides is 1. The van der Waals surface area contributed by atoms with Crippen LogP contribution in [0.25, 0.3) is 0 Å².